The quantitative estimate of drug-likeness (QED) is 0.595. The number of amides is 1. The molecule has 4 fully saturated rings. The second kappa shape index (κ2) is 6.24. The molecule has 4 saturated carbocycles. The van der Waals surface area contributed by atoms with Gasteiger partial charge in [-0.1, -0.05) is 11.6 Å². The van der Waals surface area contributed by atoms with Gasteiger partial charge in [0.25, 0.3) is 0 Å². The van der Waals surface area contributed by atoms with E-state index in [0.717, 1.165) is 17.2 Å². The van der Waals surface area contributed by atoms with Crippen molar-refractivity contribution < 1.29 is 23.8 Å². The topological polar surface area (TPSA) is 103 Å². The largest absolute Gasteiger partial charge is 0.457 e. The van der Waals surface area contributed by atoms with Crippen molar-refractivity contribution in [3.05, 3.63) is 47.0 Å². The Morgan fingerprint density at radius 3 is 2.58 bits per heavy atom. The SMILES string of the molecule is NC(=O)C12CC3CC(CC(O)(C3)C1)C2OC(=O)c1ccc2oc3ccc(Cl)cc3c2c1. The lowest BCUT2D eigenvalue weighted by atomic mass is 9.46. The number of aliphatic hydroxyl groups is 1. The summed E-state index contributed by atoms with van der Waals surface area (Å²) >= 11 is 6.14. The molecule has 7 rings (SSSR count). The van der Waals surface area contributed by atoms with Gasteiger partial charge in [-0.15, -0.1) is 0 Å². The van der Waals surface area contributed by atoms with E-state index in [4.69, 9.17) is 26.5 Å². The van der Waals surface area contributed by atoms with Crippen LogP contribution in [0.3, 0.4) is 0 Å². The van der Waals surface area contributed by atoms with Gasteiger partial charge in [-0.25, -0.2) is 4.79 Å². The summed E-state index contributed by atoms with van der Waals surface area (Å²) in [6, 6.07) is 10.5. The molecule has 6 nitrogen and oxygen atoms in total. The molecule has 0 saturated heterocycles. The molecule has 1 amide bonds. The lowest BCUT2D eigenvalue weighted by Crippen LogP contribution is -2.67. The van der Waals surface area contributed by atoms with E-state index in [1.165, 1.54) is 0 Å². The van der Waals surface area contributed by atoms with Crippen molar-refractivity contribution in [2.75, 3.05) is 0 Å². The smallest absolute Gasteiger partial charge is 0.338 e. The number of ether oxygens (including phenoxy) is 1. The highest BCUT2D eigenvalue weighted by molar-refractivity contribution is 6.31. The fraction of sp³-hybridized carbons (Fsp3) is 0.417. The van der Waals surface area contributed by atoms with Gasteiger partial charge in [-0.2, -0.15) is 0 Å². The molecule has 7 heteroatoms. The van der Waals surface area contributed by atoms with Crippen LogP contribution < -0.4 is 5.73 Å². The molecule has 1 aromatic heterocycles. The van der Waals surface area contributed by atoms with Crippen molar-refractivity contribution in [3.63, 3.8) is 0 Å². The molecule has 4 aliphatic carbocycles. The van der Waals surface area contributed by atoms with Crippen molar-refractivity contribution in [2.45, 2.75) is 43.8 Å². The van der Waals surface area contributed by atoms with E-state index in [0.29, 0.717) is 41.0 Å². The molecule has 0 aliphatic heterocycles. The first kappa shape index (κ1) is 19.1. The van der Waals surface area contributed by atoms with Gasteiger partial charge in [0, 0.05) is 21.7 Å². The zero-order chi connectivity index (χ0) is 21.5. The van der Waals surface area contributed by atoms with E-state index in [9.17, 15) is 14.7 Å². The molecular weight excluding hydrogens is 418 g/mol. The number of halogens is 1. The number of nitrogens with two attached hydrogens (primary N) is 1. The number of esters is 1. The molecule has 0 spiro atoms. The zero-order valence-corrected chi connectivity index (χ0v) is 17.5. The Labute approximate surface area is 183 Å². The summed E-state index contributed by atoms with van der Waals surface area (Å²) in [6.45, 7) is 0. The van der Waals surface area contributed by atoms with Gasteiger partial charge < -0.3 is 20.0 Å². The number of furan rings is 1. The van der Waals surface area contributed by atoms with Crippen molar-refractivity contribution in [1.29, 1.82) is 0 Å². The Morgan fingerprint density at radius 2 is 1.84 bits per heavy atom. The van der Waals surface area contributed by atoms with E-state index in [1.54, 1.807) is 36.4 Å². The van der Waals surface area contributed by atoms with Crippen molar-refractivity contribution in [1.82, 2.24) is 0 Å². The number of benzene rings is 2. The molecule has 1 heterocycles. The third-order valence-electron chi connectivity index (χ3n) is 7.61. The minimum atomic E-state index is -0.992. The predicted molar refractivity (Wildman–Crippen MR) is 115 cm³/mol. The van der Waals surface area contributed by atoms with Gasteiger partial charge in [0.2, 0.25) is 5.91 Å². The van der Waals surface area contributed by atoms with Crippen LogP contribution in [0.4, 0.5) is 0 Å². The summed E-state index contributed by atoms with van der Waals surface area (Å²) in [5, 5.41) is 13.1. The summed E-state index contributed by atoms with van der Waals surface area (Å²) in [5.41, 5.74) is 5.67. The van der Waals surface area contributed by atoms with Crippen LogP contribution in [0, 0.1) is 17.3 Å². The molecule has 3 aromatic rings. The highest BCUT2D eigenvalue weighted by atomic mass is 35.5. The van der Waals surface area contributed by atoms with Crippen LogP contribution in [-0.4, -0.2) is 28.7 Å². The molecule has 5 unspecified atom stereocenters. The first-order valence-electron chi connectivity index (χ1n) is 10.6. The molecule has 4 bridgehead atoms. The molecule has 3 N–H and O–H groups in total. The first-order chi connectivity index (χ1) is 14.8. The fourth-order valence-corrected chi connectivity index (χ4v) is 6.85. The van der Waals surface area contributed by atoms with Crippen molar-refractivity contribution in [2.24, 2.45) is 23.0 Å². The summed E-state index contributed by atoms with van der Waals surface area (Å²) in [5.74, 6) is -0.787. The maximum Gasteiger partial charge on any atom is 0.338 e. The molecule has 0 radical (unpaired) electrons. The molecule has 2 aromatic carbocycles. The average Bonchev–Trinajstić information content (AvgIpc) is 3.06. The molecular formula is C24H22ClNO5. The number of hydrogen-bond acceptors (Lipinski definition) is 5. The lowest BCUT2D eigenvalue weighted by Gasteiger charge is -2.61. The average molecular weight is 440 g/mol. The van der Waals surface area contributed by atoms with Crippen LogP contribution in [0.15, 0.2) is 40.8 Å². The zero-order valence-electron chi connectivity index (χ0n) is 16.8. The van der Waals surface area contributed by atoms with Crippen LogP contribution in [0.5, 0.6) is 0 Å². The van der Waals surface area contributed by atoms with Crippen molar-refractivity contribution in [3.8, 4) is 0 Å². The van der Waals surface area contributed by atoms with Crippen LogP contribution in [0.25, 0.3) is 21.9 Å². The van der Waals surface area contributed by atoms with Gasteiger partial charge in [-0.05, 0) is 74.4 Å². The predicted octanol–water partition coefficient (Wildman–Crippen LogP) is 4.19. The monoisotopic (exact) mass is 439 g/mol. The van der Waals surface area contributed by atoms with E-state index >= 15 is 0 Å². The normalized spacial score (nSPS) is 33.8. The first-order valence-corrected chi connectivity index (χ1v) is 11.0. The molecule has 160 valence electrons. The third kappa shape index (κ3) is 2.74. The standard InChI is InChI=1S/C24H22ClNO5/c25-15-2-4-19-17(7-15)16-6-13(1-3-18(16)30-19)21(27)31-20-14-5-12-8-23(29,10-14)11-24(20,9-12)22(26)28/h1-4,6-7,12,14,20,29H,5,8-11H2,(H2,26,28). The maximum absolute atomic E-state index is 13.2. The third-order valence-corrected chi connectivity index (χ3v) is 7.84. The van der Waals surface area contributed by atoms with Crippen LogP contribution in [0.2, 0.25) is 5.02 Å². The number of hydrogen-bond donors (Lipinski definition) is 2. The highest BCUT2D eigenvalue weighted by Gasteiger charge is 2.66. The summed E-state index contributed by atoms with van der Waals surface area (Å²) in [6.07, 6.45) is 2.32. The fourth-order valence-electron chi connectivity index (χ4n) is 6.67. The van der Waals surface area contributed by atoms with Gasteiger partial charge in [0.05, 0.1) is 16.6 Å². The molecule has 31 heavy (non-hydrogen) atoms. The Balaban J connectivity index is 1.36. The van der Waals surface area contributed by atoms with E-state index in [-0.39, 0.29) is 18.3 Å². The van der Waals surface area contributed by atoms with Crippen LogP contribution >= 0.6 is 11.6 Å². The van der Waals surface area contributed by atoms with Gasteiger partial charge in [0.15, 0.2) is 0 Å². The number of carbonyl (C=O) groups excluding carboxylic acids is 2. The minimum Gasteiger partial charge on any atom is -0.457 e. The van der Waals surface area contributed by atoms with Crippen LogP contribution in [-0.2, 0) is 9.53 Å². The Bertz CT molecular complexity index is 1270. The summed E-state index contributed by atoms with van der Waals surface area (Å²) in [4.78, 5) is 25.7. The summed E-state index contributed by atoms with van der Waals surface area (Å²) in [7, 11) is 0. The summed E-state index contributed by atoms with van der Waals surface area (Å²) < 4.78 is 11.8. The Kier molecular flexibility index (Phi) is 3.85. The highest BCUT2D eigenvalue weighted by Crippen LogP contribution is 2.62. The Hall–Kier alpha value is -2.57. The van der Waals surface area contributed by atoms with E-state index < -0.39 is 29.0 Å². The minimum absolute atomic E-state index is 0.0556. The second-order valence-electron chi connectivity index (χ2n) is 9.68. The number of carbonyl (C=O) groups is 2. The van der Waals surface area contributed by atoms with Gasteiger partial charge in [0.1, 0.15) is 17.3 Å². The van der Waals surface area contributed by atoms with Gasteiger partial charge >= 0.3 is 5.97 Å². The second-order valence-corrected chi connectivity index (χ2v) is 10.1. The molecule has 5 atom stereocenters. The molecule has 4 aliphatic rings. The van der Waals surface area contributed by atoms with E-state index in [2.05, 4.69) is 0 Å². The number of primary amides is 1. The van der Waals surface area contributed by atoms with E-state index in [1.807, 2.05) is 0 Å². The Morgan fingerprint density at radius 1 is 1.10 bits per heavy atom. The van der Waals surface area contributed by atoms with Crippen LogP contribution in [0.1, 0.15) is 42.5 Å². The van der Waals surface area contributed by atoms with Gasteiger partial charge in [-0.3, -0.25) is 4.79 Å². The number of fused-ring (bicyclic) bond motifs is 3. The maximum atomic E-state index is 13.2. The number of rotatable bonds is 3. The lowest BCUT2D eigenvalue weighted by molar-refractivity contribution is -0.217. The van der Waals surface area contributed by atoms with Crippen molar-refractivity contribution >= 4 is 45.4 Å².